The van der Waals surface area contributed by atoms with Crippen LogP contribution in [0.2, 0.25) is 0 Å². The van der Waals surface area contributed by atoms with E-state index in [4.69, 9.17) is 4.74 Å². The molecule has 2 atom stereocenters. The van der Waals surface area contributed by atoms with Crippen LogP contribution in [0.1, 0.15) is 27.2 Å². The Kier molecular flexibility index (Phi) is 6.36. The smallest absolute Gasteiger partial charge is 0.238 e. The Hall–Kier alpha value is -1.55. The van der Waals surface area contributed by atoms with Gasteiger partial charge >= 0.3 is 0 Å². The summed E-state index contributed by atoms with van der Waals surface area (Å²) in [5.41, 5.74) is 0.702. The molecule has 1 rings (SSSR count). The number of nitrogens with one attached hydrogen (secondary N) is 2. The van der Waals surface area contributed by atoms with Crippen molar-refractivity contribution < 1.29 is 9.53 Å². The number of para-hydroxylation sites is 2. The number of carbonyl (C=O) groups excluding carboxylic acids is 1. The third-order valence-electron chi connectivity index (χ3n) is 3.46. The summed E-state index contributed by atoms with van der Waals surface area (Å²) < 4.78 is 5.19. The molecule has 1 aromatic carbocycles. The molecule has 0 bridgehead atoms. The van der Waals surface area contributed by atoms with Gasteiger partial charge in [0.25, 0.3) is 0 Å². The first-order valence-corrected chi connectivity index (χ1v) is 6.74. The van der Waals surface area contributed by atoms with Crippen molar-refractivity contribution >= 4 is 11.6 Å². The highest BCUT2D eigenvalue weighted by molar-refractivity contribution is 5.93. The number of benzene rings is 1. The molecule has 4 heteroatoms. The zero-order valence-electron chi connectivity index (χ0n) is 12.2. The number of amides is 1. The van der Waals surface area contributed by atoms with Crippen LogP contribution in [-0.2, 0) is 4.79 Å². The Morgan fingerprint density at radius 1 is 1.32 bits per heavy atom. The van der Waals surface area contributed by atoms with E-state index < -0.39 is 0 Å². The number of carbonyl (C=O) groups is 1. The van der Waals surface area contributed by atoms with E-state index in [1.54, 1.807) is 7.11 Å². The molecule has 0 aliphatic rings. The summed E-state index contributed by atoms with van der Waals surface area (Å²) in [5.74, 6) is 1.17. The number of hydrogen-bond donors (Lipinski definition) is 2. The summed E-state index contributed by atoms with van der Waals surface area (Å²) in [6.45, 7) is 6.74. The van der Waals surface area contributed by atoms with Crippen LogP contribution in [-0.4, -0.2) is 25.6 Å². The van der Waals surface area contributed by atoms with E-state index in [-0.39, 0.29) is 5.91 Å². The van der Waals surface area contributed by atoms with Gasteiger partial charge in [-0.3, -0.25) is 4.79 Å². The number of ether oxygens (including phenoxy) is 1. The molecule has 0 radical (unpaired) electrons. The van der Waals surface area contributed by atoms with E-state index in [0.29, 0.717) is 29.9 Å². The first-order chi connectivity index (χ1) is 9.08. The fourth-order valence-corrected chi connectivity index (χ4v) is 1.75. The van der Waals surface area contributed by atoms with E-state index in [1.807, 2.05) is 24.3 Å². The Labute approximate surface area is 115 Å². The predicted octanol–water partition coefficient (Wildman–Crippen LogP) is 2.66. The SMILES string of the molecule is CCC(C)C(C)NCC(=O)Nc1ccccc1OC. The number of rotatable bonds is 7. The third-order valence-corrected chi connectivity index (χ3v) is 3.46. The topological polar surface area (TPSA) is 50.4 Å². The zero-order chi connectivity index (χ0) is 14.3. The van der Waals surface area contributed by atoms with Gasteiger partial charge in [-0.05, 0) is 25.0 Å². The molecule has 0 aliphatic heterocycles. The molecule has 0 saturated carbocycles. The van der Waals surface area contributed by atoms with E-state index in [9.17, 15) is 4.79 Å². The average molecular weight is 264 g/mol. The highest BCUT2D eigenvalue weighted by Gasteiger charge is 2.12. The number of methoxy groups -OCH3 is 1. The standard InChI is InChI=1S/C15H24N2O2/c1-5-11(2)12(3)16-10-15(18)17-13-8-6-7-9-14(13)19-4/h6-9,11-12,16H,5,10H2,1-4H3,(H,17,18). The maximum atomic E-state index is 11.9. The lowest BCUT2D eigenvalue weighted by Gasteiger charge is -2.19. The predicted molar refractivity (Wildman–Crippen MR) is 78.5 cm³/mol. The fraction of sp³-hybridized carbons (Fsp3) is 0.533. The Morgan fingerprint density at radius 3 is 2.63 bits per heavy atom. The van der Waals surface area contributed by atoms with Crippen molar-refractivity contribution in [2.45, 2.75) is 33.2 Å². The van der Waals surface area contributed by atoms with Gasteiger partial charge in [0.15, 0.2) is 0 Å². The molecule has 0 saturated heterocycles. The zero-order valence-corrected chi connectivity index (χ0v) is 12.2. The van der Waals surface area contributed by atoms with E-state index in [0.717, 1.165) is 6.42 Å². The van der Waals surface area contributed by atoms with Crippen molar-refractivity contribution in [1.82, 2.24) is 5.32 Å². The Morgan fingerprint density at radius 2 is 2.00 bits per heavy atom. The minimum atomic E-state index is -0.0559. The quantitative estimate of drug-likeness (QED) is 0.796. The molecule has 4 nitrogen and oxygen atoms in total. The first-order valence-electron chi connectivity index (χ1n) is 6.74. The average Bonchev–Trinajstić information content (AvgIpc) is 2.44. The molecule has 0 aromatic heterocycles. The lowest BCUT2D eigenvalue weighted by molar-refractivity contribution is -0.115. The van der Waals surface area contributed by atoms with Gasteiger partial charge in [-0.2, -0.15) is 0 Å². The fourth-order valence-electron chi connectivity index (χ4n) is 1.75. The largest absolute Gasteiger partial charge is 0.495 e. The van der Waals surface area contributed by atoms with Gasteiger partial charge in [-0.1, -0.05) is 32.4 Å². The van der Waals surface area contributed by atoms with Crippen LogP contribution < -0.4 is 15.4 Å². The molecule has 1 amide bonds. The highest BCUT2D eigenvalue weighted by Crippen LogP contribution is 2.22. The highest BCUT2D eigenvalue weighted by atomic mass is 16.5. The molecule has 1 aromatic rings. The van der Waals surface area contributed by atoms with Gasteiger partial charge in [-0.15, -0.1) is 0 Å². The molecule has 2 N–H and O–H groups in total. The van der Waals surface area contributed by atoms with Gasteiger partial charge in [0.1, 0.15) is 5.75 Å². The van der Waals surface area contributed by atoms with Crippen molar-refractivity contribution in [2.24, 2.45) is 5.92 Å². The second-order valence-corrected chi connectivity index (χ2v) is 4.80. The maximum absolute atomic E-state index is 11.9. The second kappa shape index (κ2) is 7.79. The van der Waals surface area contributed by atoms with E-state index in [2.05, 4.69) is 31.4 Å². The lowest BCUT2D eigenvalue weighted by Crippen LogP contribution is -2.37. The number of anilines is 1. The molecule has 0 aliphatic carbocycles. The molecule has 0 heterocycles. The van der Waals surface area contributed by atoms with Crippen molar-refractivity contribution in [2.75, 3.05) is 19.0 Å². The van der Waals surface area contributed by atoms with Gasteiger partial charge in [0.05, 0.1) is 19.3 Å². The lowest BCUT2D eigenvalue weighted by atomic mass is 10.0. The molecule has 0 fully saturated rings. The molecule has 106 valence electrons. The molecule has 19 heavy (non-hydrogen) atoms. The van der Waals surface area contributed by atoms with Crippen molar-refractivity contribution in [3.8, 4) is 5.75 Å². The molecule has 2 unspecified atom stereocenters. The summed E-state index contributed by atoms with van der Waals surface area (Å²) >= 11 is 0. The summed E-state index contributed by atoms with van der Waals surface area (Å²) in [6.07, 6.45) is 1.10. The molecular weight excluding hydrogens is 240 g/mol. The summed E-state index contributed by atoms with van der Waals surface area (Å²) in [6, 6.07) is 7.72. The minimum absolute atomic E-state index is 0.0559. The number of hydrogen-bond acceptors (Lipinski definition) is 3. The van der Waals surface area contributed by atoms with Crippen LogP contribution in [0, 0.1) is 5.92 Å². The summed E-state index contributed by atoms with van der Waals surface area (Å²) in [4.78, 5) is 11.9. The van der Waals surface area contributed by atoms with E-state index in [1.165, 1.54) is 0 Å². The van der Waals surface area contributed by atoms with Crippen molar-refractivity contribution in [3.05, 3.63) is 24.3 Å². The van der Waals surface area contributed by atoms with E-state index >= 15 is 0 Å². The monoisotopic (exact) mass is 264 g/mol. The van der Waals surface area contributed by atoms with Gasteiger partial charge in [0, 0.05) is 6.04 Å². The van der Waals surface area contributed by atoms with Crippen LogP contribution >= 0.6 is 0 Å². The Bertz CT molecular complexity index is 407. The second-order valence-electron chi connectivity index (χ2n) is 4.80. The van der Waals surface area contributed by atoms with Gasteiger partial charge in [-0.25, -0.2) is 0 Å². The van der Waals surface area contributed by atoms with Crippen LogP contribution in [0.25, 0.3) is 0 Å². The van der Waals surface area contributed by atoms with Crippen LogP contribution in [0.5, 0.6) is 5.75 Å². The maximum Gasteiger partial charge on any atom is 0.238 e. The minimum Gasteiger partial charge on any atom is -0.495 e. The third kappa shape index (κ3) is 4.91. The normalized spacial score (nSPS) is 13.7. The van der Waals surface area contributed by atoms with Crippen molar-refractivity contribution in [3.63, 3.8) is 0 Å². The van der Waals surface area contributed by atoms with Gasteiger partial charge in [0.2, 0.25) is 5.91 Å². The first kappa shape index (κ1) is 15.5. The van der Waals surface area contributed by atoms with Gasteiger partial charge < -0.3 is 15.4 Å². The molecular formula is C15H24N2O2. The molecule has 0 spiro atoms. The Balaban J connectivity index is 2.47. The van der Waals surface area contributed by atoms with Crippen LogP contribution in [0.3, 0.4) is 0 Å². The van der Waals surface area contributed by atoms with Crippen LogP contribution in [0.15, 0.2) is 24.3 Å². The van der Waals surface area contributed by atoms with Crippen molar-refractivity contribution in [1.29, 1.82) is 0 Å². The summed E-state index contributed by atoms with van der Waals surface area (Å²) in [7, 11) is 1.59. The van der Waals surface area contributed by atoms with Crippen LogP contribution in [0.4, 0.5) is 5.69 Å². The summed E-state index contributed by atoms with van der Waals surface area (Å²) in [5, 5.41) is 6.09.